The second-order valence-corrected chi connectivity index (χ2v) is 2.23. The highest BCUT2D eigenvalue weighted by atomic mass is 16.5. The molecule has 4 nitrogen and oxygen atoms in total. The summed E-state index contributed by atoms with van der Waals surface area (Å²) in [6.07, 6.45) is 1.17. The summed E-state index contributed by atoms with van der Waals surface area (Å²) >= 11 is 0. The van der Waals surface area contributed by atoms with Crippen LogP contribution in [-0.4, -0.2) is 13.1 Å². The summed E-state index contributed by atoms with van der Waals surface area (Å²) in [6.45, 7) is 1.51. The van der Waals surface area contributed by atoms with Gasteiger partial charge in [0.1, 0.15) is 0 Å². The molecule has 4 heteroatoms. The summed E-state index contributed by atoms with van der Waals surface area (Å²) in [7, 11) is 1.23. The van der Waals surface area contributed by atoms with E-state index in [0.717, 1.165) is 0 Å². The summed E-state index contributed by atoms with van der Waals surface area (Å²) < 4.78 is 9.22. The van der Waals surface area contributed by atoms with E-state index in [2.05, 4.69) is 4.74 Å². The van der Waals surface area contributed by atoms with Gasteiger partial charge in [-0.05, 0) is 6.92 Å². The Morgan fingerprint density at radius 2 is 2.25 bits per heavy atom. The molecule has 0 aliphatic rings. The van der Waals surface area contributed by atoms with Gasteiger partial charge >= 0.3 is 5.97 Å². The van der Waals surface area contributed by atoms with Gasteiger partial charge in [0.05, 0.1) is 13.4 Å². The van der Waals surface area contributed by atoms with E-state index in [9.17, 15) is 9.59 Å². The fraction of sp³-hybridized carbons (Fsp3) is 0.250. The Morgan fingerprint density at radius 1 is 1.58 bits per heavy atom. The van der Waals surface area contributed by atoms with Crippen molar-refractivity contribution in [3.63, 3.8) is 0 Å². The van der Waals surface area contributed by atoms with Crippen LogP contribution in [0.1, 0.15) is 16.1 Å². The molecular formula is C8H8O4. The van der Waals surface area contributed by atoms with Crippen molar-refractivity contribution in [2.75, 3.05) is 7.11 Å². The summed E-state index contributed by atoms with van der Waals surface area (Å²) in [6, 6.07) is 1.25. The van der Waals surface area contributed by atoms with Crippen molar-refractivity contribution in [3.05, 3.63) is 33.9 Å². The lowest BCUT2D eigenvalue weighted by Crippen LogP contribution is -2.11. The fourth-order valence-corrected chi connectivity index (χ4v) is 0.783. The zero-order valence-electron chi connectivity index (χ0n) is 6.79. The molecule has 1 heterocycles. The molecule has 0 aromatic carbocycles. The Hall–Kier alpha value is -1.58. The quantitative estimate of drug-likeness (QED) is 0.580. The van der Waals surface area contributed by atoms with E-state index in [0.29, 0.717) is 0 Å². The Morgan fingerprint density at radius 3 is 2.83 bits per heavy atom. The Kier molecular flexibility index (Phi) is 2.28. The maximum absolute atomic E-state index is 11.0. The molecule has 12 heavy (non-hydrogen) atoms. The van der Waals surface area contributed by atoms with E-state index in [1.54, 1.807) is 0 Å². The maximum atomic E-state index is 11.0. The smallest absolute Gasteiger partial charge is 0.374 e. The third-order valence-electron chi connectivity index (χ3n) is 1.49. The van der Waals surface area contributed by atoms with Crippen molar-refractivity contribution < 1.29 is 13.9 Å². The molecule has 1 aromatic heterocycles. The average molecular weight is 168 g/mol. The minimum Gasteiger partial charge on any atom is -0.463 e. The van der Waals surface area contributed by atoms with Gasteiger partial charge in [-0.15, -0.1) is 0 Å². The van der Waals surface area contributed by atoms with Crippen LogP contribution in [0.15, 0.2) is 21.5 Å². The molecule has 0 N–H and O–H groups in total. The highest BCUT2D eigenvalue weighted by molar-refractivity contribution is 5.87. The molecule has 0 aliphatic heterocycles. The van der Waals surface area contributed by atoms with Gasteiger partial charge < -0.3 is 9.15 Å². The number of carbonyl (C=O) groups excluding carboxylic acids is 1. The zero-order chi connectivity index (χ0) is 9.14. The number of esters is 1. The van der Waals surface area contributed by atoms with E-state index < -0.39 is 5.97 Å². The predicted octanol–water partition coefficient (Wildman–Crippen LogP) is 0.735. The van der Waals surface area contributed by atoms with Crippen molar-refractivity contribution >= 4 is 5.97 Å². The van der Waals surface area contributed by atoms with E-state index in [4.69, 9.17) is 4.42 Å². The van der Waals surface area contributed by atoms with Crippen molar-refractivity contribution in [3.8, 4) is 0 Å². The highest BCUT2D eigenvalue weighted by Gasteiger charge is 2.13. The SMILES string of the molecule is COC(=O)c1occc(=O)c1C. The minimum atomic E-state index is -0.634. The maximum Gasteiger partial charge on any atom is 0.374 e. The zero-order valence-corrected chi connectivity index (χ0v) is 6.79. The van der Waals surface area contributed by atoms with Gasteiger partial charge in [0, 0.05) is 11.6 Å². The van der Waals surface area contributed by atoms with Gasteiger partial charge in [0.2, 0.25) is 5.76 Å². The molecule has 0 radical (unpaired) electrons. The normalized spacial score (nSPS) is 9.50. The Balaban J connectivity index is 3.26. The number of hydrogen-bond donors (Lipinski definition) is 0. The van der Waals surface area contributed by atoms with Crippen LogP contribution in [0.2, 0.25) is 0 Å². The Bertz CT molecular complexity index is 350. The standard InChI is InChI=1S/C8H8O4/c1-5-6(9)3-4-12-7(5)8(10)11-2/h3-4H,1-2H3. The molecule has 0 unspecified atom stereocenters. The van der Waals surface area contributed by atoms with Crippen LogP contribution >= 0.6 is 0 Å². The molecule has 0 spiro atoms. The summed E-state index contributed by atoms with van der Waals surface area (Å²) in [4.78, 5) is 21.9. The second-order valence-electron chi connectivity index (χ2n) is 2.23. The van der Waals surface area contributed by atoms with Crippen LogP contribution in [0.25, 0.3) is 0 Å². The third-order valence-corrected chi connectivity index (χ3v) is 1.49. The number of hydrogen-bond acceptors (Lipinski definition) is 4. The molecule has 0 atom stereocenters. The summed E-state index contributed by atoms with van der Waals surface area (Å²) in [5.41, 5.74) is 0.0333. The lowest BCUT2D eigenvalue weighted by Gasteiger charge is -1.99. The molecule has 0 saturated carbocycles. The Labute approximate surface area is 68.8 Å². The highest BCUT2D eigenvalue weighted by Crippen LogP contribution is 2.03. The van der Waals surface area contributed by atoms with Gasteiger partial charge in [0.25, 0.3) is 0 Å². The molecule has 0 aliphatic carbocycles. The van der Waals surface area contributed by atoms with E-state index in [1.807, 2.05) is 0 Å². The van der Waals surface area contributed by atoms with Gasteiger partial charge in [0.15, 0.2) is 5.43 Å². The first-order valence-electron chi connectivity index (χ1n) is 3.33. The monoisotopic (exact) mass is 168 g/mol. The lowest BCUT2D eigenvalue weighted by atomic mass is 10.2. The number of rotatable bonds is 1. The molecular weight excluding hydrogens is 160 g/mol. The number of ether oxygens (including phenoxy) is 1. The van der Waals surface area contributed by atoms with E-state index >= 15 is 0 Å². The van der Waals surface area contributed by atoms with Crippen molar-refractivity contribution in [1.82, 2.24) is 0 Å². The first-order chi connectivity index (χ1) is 5.66. The molecule has 64 valence electrons. The van der Waals surface area contributed by atoms with Crippen molar-refractivity contribution in [1.29, 1.82) is 0 Å². The second kappa shape index (κ2) is 3.21. The minimum absolute atomic E-state index is 0.0370. The van der Waals surface area contributed by atoms with Crippen LogP contribution in [0.4, 0.5) is 0 Å². The van der Waals surface area contributed by atoms with Crippen LogP contribution in [0.5, 0.6) is 0 Å². The summed E-state index contributed by atoms with van der Waals surface area (Å²) in [5, 5.41) is 0. The van der Waals surface area contributed by atoms with Gasteiger partial charge in [-0.2, -0.15) is 0 Å². The van der Waals surface area contributed by atoms with Crippen LogP contribution in [0.3, 0.4) is 0 Å². The van der Waals surface area contributed by atoms with Crippen LogP contribution in [0, 0.1) is 6.92 Å². The van der Waals surface area contributed by atoms with Crippen molar-refractivity contribution in [2.45, 2.75) is 6.92 Å². The molecule has 0 bridgehead atoms. The molecule has 0 saturated heterocycles. The molecule has 0 amide bonds. The van der Waals surface area contributed by atoms with Gasteiger partial charge in [-0.3, -0.25) is 4.79 Å². The molecule has 1 rings (SSSR count). The van der Waals surface area contributed by atoms with Crippen molar-refractivity contribution in [2.24, 2.45) is 0 Å². The first kappa shape index (κ1) is 8.52. The topological polar surface area (TPSA) is 56.5 Å². The average Bonchev–Trinajstić information content (AvgIpc) is 2.08. The largest absolute Gasteiger partial charge is 0.463 e. The predicted molar refractivity (Wildman–Crippen MR) is 41.1 cm³/mol. The number of methoxy groups -OCH3 is 1. The molecule has 0 fully saturated rings. The first-order valence-corrected chi connectivity index (χ1v) is 3.33. The van der Waals surface area contributed by atoms with Crippen LogP contribution < -0.4 is 5.43 Å². The number of carbonyl (C=O) groups is 1. The van der Waals surface area contributed by atoms with Crippen LogP contribution in [-0.2, 0) is 4.74 Å². The lowest BCUT2D eigenvalue weighted by molar-refractivity contribution is 0.0560. The third kappa shape index (κ3) is 1.37. The van der Waals surface area contributed by atoms with Gasteiger partial charge in [-0.1, -0.05) is 0 Å². The fourth-order valence-electron chi connectivity index (χ4n) is 0.783. The summed E-state index contributed by atoms with van der Waals surface area (Å²) in [5.74, 6) is -0.671. The van der Waals surface area contributed by atoms with E-state index in [1.165, 1.54) is 26.4 Å². The van der Waals surface area contributed by atoms with Gasteiger partial charge in [-0.25, -0.2) is 4.79 Å². The van der Waals surface area contributed by atoms with E-state index in [-0.39, 0.29) is 16.8 Å². The molecule has 1 aromatic rings.